The Balaban J connectivity index is 1.53. The lowest BCUT2D eigenvalue weighted by atomic mass is 9.86. The fourth-order valence-corrected chi connectivity index (χ4v) is 4.53. The largest absolute Gasteiger partial charge is 0.345 e. The molecule has 0 saturated carbocycles. The smallest absolute Gasteiger partial charge is 0.212 e. The molecule has 28 heavy (non-hydrogen) atoms. The zero-order valence-corrected chi connectivity index (χ0v) is 15.9. The summed E-state index contributed by atoms with van der Waals surface area (Å²) in [6.45, 7) is 5.91. The van der Waals surface area contributed by atoms with Crippen LogP contribution in [0.25, 0.3) is 16.8 Å². The minimum Gasteiger partial charge on any atom is -0.345 e. The summed E-state index contributed by atoms with van der Waals surface area (Å²) in [4.78, 5) is 16.3. The highest BCUT2D eigenvalue weighted by Crippen LogP contribution is 2.33. The van der Waals surface area contributed by atoms with E-state index in [4.69, 9.17) is 0 Å². The molecule has 2 aliphatic heterocycles. The Labute approximate surface area is 162 Å². The maximum absolute atomic E-state index is 9.24. The summed E-state index contributed by atoms with van der Waals surface area (Å²) in [5.74, 6) is 2.44. The summed E-state index contributed by atoms with van der Waals surface area (Å²) in [6, 6.07) is 2.01. The Bertz CT molecular complexity index is 1070. The number of rotatable bonds is 1. The van der Waals surface area contributed by atoms with Gasteiger partial charge in [-0.15, -0.1) is 15.2 Å². The summed E-state index contributed by atoms with van der Waals surface area (Å²) in [5, 5.41) is 18.2. The van der Waals surface area contributed by atoms with Gasteiger partial charge in [0.1, 0.15) is 5.82 Å². The molecule has 0 radical (unpaired) electrons. The van der Waals surface area contributed by atoms with Gasteiger partial charge in [0.25, 0.3) is 0 Å². The van der Waals surface area contributed by atoms with E-state index in [1.165, 1.54) is 0 Å². The van der Waals surface area contributed by atoms with Gasteiger partial charge in [-0.05, 0) is 31.2 Å². The molecule has 2 aliphatic rings. The van der Waals surface area contributed by atoms with Crippen LogP contribution in [0, 0.1) is 17.4 Å². The number of H-pyrrole nitrogens is 1. The Hall–Kier alpha value is -3.15. The first kappa shape index (κ1) is 17.0. The van der Waals surface area contributed by atoms with Gasteiger partial charge < -0.3 is 14.8 Å². The van der Waals surface area contributed by atoms with Crippen molar-refractivity contribution in [2.24, 2.45) is 10.9 Å². The van der Waals surface area contributed by atoms with E-state index in [9.17, 15) is 5.26 Å². The van der Waals surface area contributed by atoms with Crippen LogP contribution < -0.4 is 0 Å². The van der Waals surface area contributed by atoms with E-state index in [0.29, 0.717) is 5.92 Å². The van der Waals surface area contributed by atoms with Crippen LogP contribution >= 0.6 is 0 Å². The van der Waals surface area contributed by atoms with Crippen molar-refractivity contribution >= 4 is 22.8 Å². The first-order valence-corrected chi connectivity index (χ1v) is 9.90. The highest BCUT2D eigenvalue weighted by molar-refractivity contribution is 5.81. The second-order valence-electron chi connectivity index (χ2n) is 7.75. The molecule has 1 N–H and O–H groups in total. The quantitative estimate of drug-likeness (QED) is 0.395. The summed E-state index contributed by atoms with van der Waals surface area (Å²) in [6.07, 6.45) is 9.00. The molecule has 0 unspecified atom stereocenters. The first-order valence-electron chi connectivity index (χ1n) is 9.90. The number of aromatic amines is 1. The molecule has 5 heterocycles. The summed E-state index contributed by atoms with van der Waals surface area (Å²) < 4.78 is 2.11. The van der Waals surface area contributed by atoms with Crippen molar-refractivity contribution in [2.45, 2.75) is 32.1 Å². The van der Waals surface area contributed by atoms with Gasteiger partial charge in [0.15, 0.2) is 11.3 Å². The number of likely N-dealkylation sites (tertiary alicyclic amines) is 2. The predicted molar refractivity (Wildman–Crippen MR) is 105 cm³/mol. The molecule has 0 amide bonds. The molecule has 2 atom stereocenters. The predicted octanol–water partition coefficient (Wildman–Crippen LogP) is 1.96. The van der Waals surface area contributed by atoms with Crippen LogP contribution in [-0.4, -0.2) is 66.5 Å². The van der Waals surface area contributed by atoms with Gasteiger partial charge in [-0.1, -0.05) is 6.92 Å². The molecule has 9 heteroatoms. The van der Waals surface area contributed by atoms with Crippen molar-refractivity contribution in [1.29, 1.82) is 5.26 Å². The average molecular weight is 377 g/mol. The molecular formula is C19H23N9. The van der Waals surface area contributed by atoms with Crippen LogP contribution in [0.4, 0.5) is 0 Å². The molecule has 3 aromatic rings. The first-order chi connectivity index (χ1) is 13.8. The monoisotopic (exact) mass is 377 g/mol. The van der Waals surface area contributed by atoms with Gasteiger partial charge >= 0.3 is 0 Å². The lowest BCUT2D eigenvalue weighted by Crippen LogP contribution is -2.49. The Morgan fingerprint density at radius 2 is 2.11 bits per heavy atom. The zero-order valence-electron chi connectivity index (χ0n) is 15.9. The van der Waals surface area contributed by atoms with Crippen molar-refractivity contribution < 1.29 is 0 Å². The Kier molecular flexibility index (Phi) is 4.11. The fraction of sp³-hybridized carbons (Fsp3) is 0.526. The number of aliphatic imine (C=N–C) groups is 1. The molecule has 2 fully saturated rings. The Morgan fingerprint density at radius 1 is 1.25 bits per heavy atom. The van der Waals surface area contributed by atoms with Crippen molar-refractivity contribution in [2.75, 3.05) is 26.2 Å². The second kappa shape index (κ2) is 6.78. The number of hydrogen-bond acceptors (Lipinski definition) is 5. The molecule has 144 valence electrons. The molecule has 0 spiro atoms. The number of guanidine groups is 1. The zero-order chi connectivity index (χ0) is 19.1. The minimum atomic E-state index is 0.204. The van der Waals surface area contributed by atoms with Crippen LogP contribution in [0.1, 0.15) is 37.9 Å². The Morgan fingerprint density at radius 3 is 2.93 bits per heavy atom. The van der Waals surface area contributed by atoms with E-state index in [1.807, 2.05) is 18.5 Å². The molecule has 2 saturated heterocycles. The second-order valence-corrected chi connectivity index (χ2v) is 7.75. The van der Waals surface area contributed by atoms with Crippen LogP contribution in [0.15, 0.2) is 23.5 Å². The molecule has 0 aromatic carbocycles. The van der Waals surface area contributed by atoms with Crippen molar-refractivity contribution in [3.8, 4) is 6.19 Å². The van der Waals surface area contributed by atoms with E-state index in [-0.39, 0.29) is 5.92 Å². The number of aromatic nitrogens is 5. The van der Waals surface area contributed by atoms with Gasteiger partial charge in [0.2, 0.25) is 12.2 Å². The van der Waals surface area contributed by atoms with Gasteiger partial charge in [-0.2, -0.15) is 5.26 Å². The standard InChI is InChI=1S/C19H23N9/c1-13-5-9-27(19(23-12-20)26-7-2-3-8-26)11-14(13)18-25-24-16-10-22-17-15(28(16)18)4-6-21-17/h4,6,10,13-14,21H,2-3,5,7-9,11H2,1H3/b23-19+/t13-,14+/m1/s1. The van der Waals surface area contributed by atoms with Crippen molar-refractivity contribution in [3.63, 3.8) is 0 Å². The maximum atomic E-state index is 9.24. The number of nitrogens with zero attached hydrogens (tertiary/aromatic N) is 8. The van der Waals surface area contributed by atoms with Crippen LogP contribution in [-0.2, 0) is 0 Å². The third-order valence-electron chi connectivity index (χ3n) is 6.08. The van der Waals surface area contributed by atoms with E-state index in [1.54, 1.807) is 6.20 Å². The average Bonchev–Trinajstić information content (AvgIpc) is 3.45. The lowest BCUT2D eigenvalue weighted by molar-refractivity contribution is 0.216. The number of fused-ring (bicyclic) bond motifs is 3. The topological polar surface area (TPSA) is 102 Å². The molecule has 9 nitrogen and oxygen atoms in total. The fourth-order valence-electron chi connectivity index (χ4n) is 4.53. The van der Waals surface area contributed by atoms with Crippen LogP contribution in [0.2, 0.25) is 0 Å². The highest BCUT2D eigenvalue weighted by Gasteiger charge is 2.34. The van der Waals surface area contributed by atoms with Gasteiger partial charge in [-0.25, -0.2) is 4.98 Å². The number of piperidine rings is 1. The van der Waals surface area contributed by atoms with Gasteiger partial charge in [-0.3, -0.25) is 4.40 Å². The summed E-state index contributed by atoms with van der Waals surface area (Å²) >= 11 is 0. The number of nitriles is 1. The van der Waals surface area contributed by atoms with Crippen LogP contribution in [0.3, 0.4) is 0 Å². The SMILES string of the molecule is C[C@@H]1CCN(/C(=N/C#N)N2CCCC2)C[C@@H]1c1nnc2cnc3[nH]ccc3n12. The van der Waals surface area contributed by atoms with E-state index in [0.717, 1.165) is 74.0 Å². The molecule has 0 aliphatic carbocycles. The third kappa shape index (κ3) is 2.68. The molecule has 3 aromatic heterocycles. The molecule has 0 bridgehead atoms. The van der Waals surface area contributed by atoms with Gasteiger partial charge in [0.05, 0.1) is 11.7 Å². The number of nitrogens with one attached hydrogen (secondary N) is 1. The van der Waals surface area contributed by atoms with Crippen LogP contribution in [0.5, 0.6) is 0 Å². The minimum absolute atomic E-state index is 0.204. The normalized spacial score (nSPS) is 23.6. The highest BCUT2D eigenvalue weighted by atomic mass is 15.4. The summed E-state index contributed by atoms with van der Waals surface area (Å²) in [5.41, 5.74) is 2.59. The number of hydrogen-bond donors (Lipinski definition) is 1. The lowest BCUT2D eigenvalue weighted by Gasteiger charge is -2.39. The van der Waals surface area contributed by atoms with E-state index < -0.39 is 0 Å². The van der Waals surface area contributed by atoms with Gasteiger partial charge in [0, 0.05) is 38.3 Å². The van der Waals surface area contributed by atoms with E-state index in [2.05, 4.69) is 46.3 Å². The molecule has 5 rings (SSSR count). The van der Waals surface area contributed by atoms with E-state index >= 15 is 0 Å². The molecular weight excluding hydrogens is 354 g/mol. The third-order valence-corrected chi connectivity index (χ3v) is 6.08. The van der Waals surface area contributed by atoms with Crippen molar-refractivity contribution in [3.05, 3.63) is 24.3 Å². The summed E-state index contributed by atoms with van der Waals surface area (Å²) in [7, 11) is 0. The maximum Gasteiger partial charge on any atom is 0.212 e. The van der Waals surface area contributed by atoms with Crippen molar-refractivity contribution in [1.82, 2.24) is 34.4 Å².